The maximum Gasteiger partial charge on any atom is 0.0595 e. The maximum absolute atomic E-state index is 6.07. The highest BCUT2D eigenvalue weighted by Gasteiger charge is 2.26. The summed E-state index contributed by atoms with van der Waals surface area (Å²) < 4.78 is 0. The molecule has 1 aliphatic rings. The number of likely N-dealkylation sites (tertiary alicyclic amines) is 1. The molecule has 0 amide bonds. The van der Waals surface area contributed by atoms with Gasteiger partial charge in [0.2, 0.25) is 0 Å². The van der Waals surface area contributed by atoms with Crippen LogP contribution in [-0.2, 0) is 6.54 Å². The van der Waals surface area contributed by atoms with Gasteiger partial charge in [-0.3, -0.25) is 4.90 Å². The predicted octanol–water partition coefficient (Wildman–Crippen LogP) is 3.94. The number of rotatable bonds is 4. The van der Waals surface area contributed by atoms with E-state index in [2.05, 4.69) is 11.8 Å². The summed E-state index contributed by atoms with van der Waals surface area (Å²) >= 11 is 12.0. The van der Waals surface area contributed by atoms with E-state index in [0.717, 1.165) is 25.6 Å². The molecule has 1 fully saturated rings. The monoisotopic (exact) mass is 300 g/mol. The largest absolute Gasteiger partial charge is 0.329 e. The lowest BCUT2D eigenvalue weighted by molar-refractivity contribution is 0.107. The highest BCUT2D eigenvalue weighted by Crippen LogP contribution is 2.28. The molecule has 2 nitrogen and oxygen atoms in total. The molecule has 0 bridgehead atoms. The third kappa shape index (κ3) is 3.85. The van der Waals surface area contributed by atoms with Crippen molar-refractivity contribution in [1.29, 1.82) is 0 Å². The van der Waals surface area contributed by atoms with Crippen molar-refractivity contribution in [2.45, 2.75) is 38.8 Å². The molecule has 0 aromatic heterocycles. The van der Waals surface area contributed by atoms with Crippen LogP contribution in [0.15, 0.2) is 18.2 Å². The van der Waals surface area contributed by atoms with E-state index >= 15 is 0 Å². The Hall–Kier alpha value is -0.280. The molecule has 19 heavy (non-hydrogen) atoms. The molecular formula is C15H22Cl2N2. The van der Waals surface area contributed by atoms with Crippen LogP contribution in [0.25, 0.3) is 0 Å². The molecule has 1 heterocycles. The van der Waals surface area contributed by atoms with Gasteiger partial charge in [0.25, 0.3) is 0 Å². The third-order valence-electron chi connectivity index (χ3n) is 4.17. The average Bonchev–Trinajstić information content (AvgIpc) is 2.43. The van der Waals surface area contributed by atoms with Gasteiger partial charge in [0.1, 0.15) is 0 Å². The highest BCUT2D eigenvalue weighted by molar-refractivity contribution is 6.42. The molecule has 1 aromatic rings. The van der Waals surface area contributed by atoms with Crippen LogP contribution < -0.4 is 5.73 Å². The fourth-order valence-corrected chi connectivity index (χ4v) is 3.20. The fraction of sp³-hybridized carbons (Fsp3) is 0.600. The Bertz CT molecular complexity index is 423. The van der Waals surface area contributed by atoms with E-state index in [0.29, 0.717) is 16.1 Å². The van der Waals surface area contributed by atoms with Crippen molar-refractivity contribution < 1.29 is 0 Å². The van der Waals surface area contributed by atoms with E-state index in [1.165, 1.54) is 24.8 Å². The number of piperidine rings is 1. The Balaban J connectivity index is 2.03. The minimum Gasteiger partial charge on any atom is -0.329 e. The van der Waals surface area contributed by atoms with Crippen LogP contribution in [0, 0.1) is 5.92 Å². The number of halogens is 2. The molecule has 2 unspecified atom stereocenters. The topological polar surface area (TPSA) is 29.3 Å². The minimum absolute atomic E-state index is 0.494. The van der Waals surface area contributed by atoms with Gasteiger partial charge in [0, 0.05) is 19.1 Å². The van der Waals surface area contributed by atoms with E-state index in [9.17, 15) is 0 Å². The smallest absolute Gasteiger partial charge is 0.0595 e. The summed E-state index contributed by atoms with van der Waals surface area (Å²) in [6.07, 6.45) is 3.75. The third-order valence-corrected chi connectivity index (χ3v) is 4.90. The molecule has 106 valence electrons. The second-order valence-electron chi connectivity index (χ2n) is 5.41. The summed E-state index contributed by atoms with van der Waals surface area (Å²) in [5, 5.41) is 1.25. The Labute approximate surface area is 125 Å². The standard InChI is InChI=1S/C15H22Cl2N2/c1-2-11-5-6-19(13(7-11)9-18)10-12-3-4-14(16)15(17)8-12/h3-4,8,11,13H,2,5-7,9-10,18H2,1H3. The van der Waals surface area contributed by atoms with Crippen LogP contribution in [0.1, 0.15) is 31.7 Å². The maximum atomic E-state index is 6.07. The van der Waals surface area contributed by atoms with E-state index < -0.39 is 0 Å². The zero-order valence-electron chi connectivity index (χ0n) is 11.4. The van der Waals surface area contributed by atoms with Crippen molar-refractivity contribution in [2.75, 3.05) is 13.1 Å². The normalized spacial score (nSPS) is 24.6. The Morgan fingerprint density at radius 1 is 1.32 bits per heavy atom. The molecule has 1 aromatic carbocycles. The lowest BCUT2D eigenvalue weighted by atomic mass is 9.88. The first-order chi connectivity index (χ1) is 9.13. The van der Waals surface area contributed by atoms with E-state index in [1.807, 2.05) is 18.2 Å². The van der Waals surface area contributed by atoms with Crippen LogP contribution >= 0.6 is 23.2 Å². The summed E-state index contributed by atoms with van der Waals surface area (Å²) in [5.74, 6) is 0.832. The van der Waals surface area contributed by atoms with Gasteiger partial charge in [-0.2, -0.15) is 0 Å². The van der Waals surface area contributed by atoms with Gasteiger partial charge in [0.15, 0.2) is 0 Å². The van der Waals surface area contributed by atoms with Gasteiger partial charge >= 0.3 is 0 Å². The summed E-state index contributed by atoms with van der Waals surface area (Å²) in [4.78, 5) is 2.48. The summed E-state index contributed by atoms with van der Waals surface area (Å²) in [7, 11) is 0. The van der Waals surface area contributed by atoms with Crippen LogP contribution in [0.4, 0.5) is 0 Å². The first-order valence-electron chi connectivity index (χ1n) is 7.02. The molecule has 2 rings (SSSR count). The van der Waals surface area contributed by atoms with Crippen molar-refractivity contribution in [2.24, 2.45) is 11.7 Å². The van der Waals surface area contributed by atoms with Gasteiger partial charge in [-0.25, -0.2) is 0 Å². The van der Waals surface area contributed by atoms with Crippen molar-refractivity contribution in [3.05, 3.63) is 33.8 Å². The van der Waals surface area contributed by atoms with E-state index in [1.54, 1.807) is 0 Å². The molecule has 0 spiro atoms. The minimum atomic E-state index is 0.494. The summed E-state index contributed by atoms with van der Waals surface area (Å²) in [6, 6.07) is 6.38. The average molecular weight is 301 g/mol. The first-order valence-corrected chi connectivity index (χ1v) is 7.77. The van der Waals surface area contributed by atoms with Crippen molar-refractivity contribution in [1.82, 2.24) is 4.90 Å². The zero-order chi connectivity index (χ0) is 13.8. The van der Waals surface area contributed by atoms with Crippen LogP contribution in [0.5, 0.6) is 0 Å². The number of hydrogen-bond donors (Lipinski definition) is 1. The summed E-state index contributed by atoms with van der Waals surface area (Å²) in [5.41, 5.74) is 7.14. The van der Waals surface area contributed by atoms with Gasteiger partial charge in [0.05, 0.1) is 10.0 Å². The lowest BCUT2D eigenvalue weighted by Crippen LogP contribution is -2.46. The molecular weight excluding hydrogens is 279 g/mol. The predicted molar refractivity (Wildman–Crippen MR) is 82.7 cm³/mol. The molecule has 4 heteroatoms. The molecule has 0 radical (unpaired) electrons. The van der Waals surface area contributed by atoms with Crippen LogP contribution in [0.2, 0.25) is 10.0 Å². The molecule has 1 aliphatic heterocycles. The Morgan fingerprint density at radius 2 is 2.11 bits per heavy atom. The number of hydrogen-bond acceptors (Lipinski definition) is 2. The molecule has 2 atom stereocenters. The van der Waals surface area contributed by atoms with Gasteiger partial charge in [-0.15, -0.1) is 0 Å². The van der Waals surface area contributed by atoms with E-state index in [4.69, 9.17) is 28.9 Å². The second kappa shape index (κ2) is 6.94. The quantitative estimate of drug-likeness (QED) is 0.912. The lowest BCUT2D eigenvalue weighted by Gasteiger charge is -2.39. The van der Waals surface area contributed by atoms with E-state index in [-0.39, 0.29) is 0 Å². The van der Waals surface area contributed by atoms with Gasteiger partial charge in [-0.1, -0.05) is 42.6 Å². The van der Waals surface area contributed by atoms with Crippen LogP contribution in [-0.4, -0.2) is 24.0 Å². The molecule has 0 aliphatic carbocycles. The number of nitrogens with two attached hydrogens (primary N) is 1. The van der Waals surface area contributed by atoms with Crippen LogP contribution in [0.3, 0.4) is 0 Å². The first kappa shape index (κ1) is 15.1. The number of nitrogens with zero attached hydrogens (tertiary/aromatic N) is 1. The molecule has 0 saturated carbocycles. The van der Waals surface area contributed by atoms with Crippen molar-refractivity contribution >= 4 is 23.2 Å². The zero-order valence-corrected chi connectivity index (χ0v) is 12.9. The van der Waals surface area contributed by atoms with Crippen molar-refractivity contribution in [3.63, 3.8) is 0 Å². The second-order valence-corrected chi connectivity index (χ2v) is 6.22. The molecule has 1 saturated heterocycles. The fourth-order valence-electron chi connectivity index (χ4n) is 2.88. The van der Waals surface area contributed by atoms with Gasteiger partial charge in [-0.05, 0) is 43.0 Å². The number of benzene rings is 1. The van der Waals surface area contributed by atoms with Gasteiger partial charge < -0.3 is 5.73 Å². The van der Waals surface area contributed by atoms with Crippen molar-refractivity contribution in [3.8, 4) is 0 Å². The SMILES string of the molecule is CCC1CCN(Cc2ccc(Cl)c(Cl)c2)C(CN)C1. The molecule has 2 N–H and O–H groups in total. The Morgan fingerprint density at radius 3 is 2.74 bits per heavy atom. The summed E-state index contributed by atoms with van der Waals surface area (Å²) in [6.45, 7) is 5.04. The Kier molecular flexibility index (Phi) is 5.52. The highest BCUT2D eigenvalue weighted by atomic mass is 35.5.